The minimum Gasteiger partial charge on any atom is -0.352 e. The van der Waals surface area contributed by atoms with Gasteiger partial charge in [-0.1, -0.05) is 23.7 Å². The average molecular weight is 349 g/mol. The Labute approximate surface area is 141 Å². The van der Waals surface area contributed by atoms with Crippen molar-refractivity contribution in [2.45, 2.75) is 6.42 Å². The Morgan fingerprint density at radius 2 is 2.14 bits per heavy atom. The van der Waals surface area contributed by atoms with Gasteiger partial charge < -0.3 is 5.32 Å². The van der Waals surface area contributed by atoms with Gasteiger partial charge in [-0.05, 0) is 29.6 Å². The van der Waals surface area contributed by atoms with E-state index >= 15 is 0 Å². The molecule has 3 nitrogen and oxygen atoms in total. The third-order valence-corrected chi connectivity index (χ3v) is 5.20. The van der Waals surface area contributed by atoms with Crippen LogP contribution in [0.15, 0.2) is 47.2 Å². The van der Waals surface area contributed by atoms with E-state index in [-0.39, 0.29) is 5.91 Å². The number of benzene rings is 1. The molecule has 0 fully saturated rings. The molecule has 0 aliphatic rings. The van der Waals surface area contributed by atoms with E-state index in [2.05, 4.69) is 16.4 Å². The first-order valence-corrected chi connectivity index (χ1v) is 8.88. The summed E-state index contributed by atoms with van der Waals surface area (Å²) in [5.41, 5.74) is 1.57. The highest BCUT2D eigenvalue weighted by atomic mass is 35.5. The number of hydrogen-bond donors (Lipinski definition) is 1. The number of hydrogen-bond acceptors (Lipinski definition) is 4. The van der Waals surface area contributed by atoms with Crippen LogP contribution in [0.4, 0.5) is 0 Å². The number of halogens is 1. The molecule has 0 aliphatic heterocycles. The molecule has 0 unspecified atom stereocenters. The quantitative estimate of drug-likeness (QED) is 0.737. The minimum absolute atomic E-state index is 0.115. The summed E-state index contributed by atoms with van der Waals surface area (Å²) in [5.74, 6) is -0.115. The molecule has 0 spiro atoms. The van der Waals surface area contributed by atoms with Crippen molar-refractivity contribution < 1.29 is 4.79 Å². The topological polar surface area (TPSA) is 42.0 Å². The summed E-state index contributed by atoms with van der Waals surface area (Å²) in [4.78, 5) is 17.8. The van der Waals surface area contributed by atoms with E-state index in [4.69, 9.17) is 11.6 Å². The van der Waals surface area contributed by atoms with E-state index in [1.54, 1.807) is 46.9 Å². The summed E-state index contributed by atoms with van der Waals surface area (Å²) in [6.07, 6.45) is 0.716. The summed E-state index contributed by atoms with van der Waals surface area (Å²) in [5, 5.41) is 8.57. The van der Waals surface area contributed by atoms with Crippen LogP contribution in [0.25, 0.3) is 9.88 Å². The summed E-state index contributed by atoms with van der Waals surface area (Å²) in [6, 6.07) is 11.0. The van der Waals surface area contributed by atoms with Crippen molar-refractivity contribution in [3.8, 4) is 9.88 Å². The van der Waals surface area contributed by atoms with Crippen molar-refractivity contribution in [2.75, 3.05) is 6.54 Å². The maximum atomic E-state index is 12.0. The molecule has 0 atom stereocenters. The van der Waals surface area contributed by atoms with Gasteiger partial charge in [0.25, 0.3) is 5.91 Å². The zero-order valence-electron chi connectivity index (χ0n) is 11.6. The second-order valence-electron chi connectivity index (χ2n) is 4.64. The Morgan fingerprint density at radius 1 is 1.23 bits per heavy atom. The lowest BCUT2D eigenvalue weighted by molar-refractivity contribution is 0.0954. The first kappa shape index (κ1) is 15.2. The first-order valence-electron chi connectivity index (χ1n) is 6.74. The number of nitrogens with one attached hydrogen (secondary N) is 1. The number of thiophene rings is 1. The van der Waals surface area contributed by atoms with Crippen molar-refractivity contribution in [2.24, 2.45) is 0 Å². The molecule has 2 heterocycles. The molecule has 3 aromatic rings. The van der Waals surface area contributed by atoms with E-state index in [1.807, 2.05) is 16.8 Å². The fourth-order valence-corrected chi connectivity index (χ4v) is 3.83. The van der Waals surface area contributed by atoms with E-state index in [1.165, 1.54) is 4.88 Å². The fraction of sp³-hybridized carbons (Fsp3) is 0.125. The molecule has 0 saturated heterocycles. The molecule has 22 heavy (non-hydrogen) atoms. The summed E-state index contributed by atoms with van der Waals surface area (Å²) >= 11 is 9.20. The number of carbonyl (C=O) groups excluding carboxylic acids is 1. The molecule has 112 valence electrons. The van der Waals surface area contributed by atoms with Gasteiger partial charge >= 0.3 is 0 Å². The lowest BCUT2D eigenvalue weighted by Crippen LogP contribution is -2.25. The first-order chi connectivity index (χ1) is 10.7. The Kier molecular flexibility index (Phi) is 4.87. The maximum absolute atomic E-state index is 12.0. The van der Waals surface area contributed by atoms with E-state index in [9.17, 15) is 4.79 Å². The minimum atomic E-state index is -0.115. The lowest BCUT2D eigenvalue weighted by Gasteiger charge is -2.04. The van der Waals surface area contributed by atoms with E-state index in [0.29, 0.717) is 23.6 Å². The molecular weight excluding hydrogens is 336 g/mol. The highest BCUT2D eigenvalue weighted by Crippen LogP contribution is 2.27. The number of rotatable bonds is 5. The van der Waals surface area contributed by atoms with Crippen molar-refractivity contribution in [1.82, 2.24) is 10.3 Å². The van der Waals surface area contributed by atoms with Crippen LogP contribution in [0.3, 0.4) is 0 Å². The maximum Gasteiger partial charge on any atom is 0.251 e. The van der Waals surface area contributed by atoms with Crippen LogP contribution in [0, 0.1) is 0 Å². The van der Waals surface area contributed by atoms with Crippen LogP contribution in [0.5, 0.6) is 0 Å². The van der Waals surface area contributed by atoms with Gasteiger partial charge in [-0.2, -0.15) is 0 Å². The molecule has 6 heteroatoms. The zero-order valence-corrected chi connectivity index (χ0v) is 14.0. The second kappa shape index (κ2) is 7.05. The largest absolute Gasteiger partial charge is 0.352 e. The van der Waals surface area contributed by atoms with Gasteiger partial charge in [0.1, 0.15) is 5.01 Å². The van der Waals surface area contributed by atoms with Crippen LogP contribution in [-0.4, -0.2) is 17.4 Å². The lowest BCUT2D eigenvalue weighted by atomic mass is 10.2. The summed E-state index contributed by atoms with van der Waals surface area (Å²) in [7, 11) is 0. The Balaban J connectivity index is 1.54. The van der Waals surface area contributed by atoms with Crippen molar-refractivity contribution in [3.63, 3.8) is 0 Å². The zero-order chi connectivity index (χ0) is 15.4. The van der Waals surface area contributed by atoms with E-state index in [0.717, 1.165) is 10.7 Å². The van der Waals surface area contributed by atoms with Gasteiger partial charge in [-0.25, -0.2) is 4.98 Å². The molecule has 0 saturated carbocycles. The molecule has 0 bridgehead atoms. The Hall–Kier alpha value is -1.69. The molecule has 1 aromatic carbocycles. The highest BCUT2D eigenvalue weighted by molar-refractivity contribution is 7.20. The van der Waals surface area contributed by atoms with Gasteiger partial charge in [-0.15, -0.1) is 22.7 Å². The molecule has 1 amide bonds. The standard InChI is InChI=1S/C16H13ClN2OS2/c17-12-4-1-3-11(9-12)15(20)18-7-6-13-10-22-16(19-13)14-5-2-8-21-14/h1-5,8-10H,6-7H2,(H,18,20). The highest BCUT2D eigenvalue weighted by Gasteiger charge is 2.08. The normalized spacial score (nSPS) is 10.6. The monoisotopic (exact) mass is 348 g/mol. The molecule has 1 N–H and O–H groups in total. The Morgan fingerprint density at radius 3 is 2.91 bits per heavy atom. The summed E-state index contributed by atoms with van der Waals surface area (Å²) < 4.78 is 0. The molecule has 2 aromatic heterocycles. The van der Waals surface area contributed by atoms with E-state index < -0.39 is 0 Å². The molecule has 0 aliphatic carbocycles. The van der Waals surface area contributed by atoms with Gasteiger partial charge in [0.2, 0.25) is 0 Å². The second-order valence-corrected chi connectivity index (χ2v) is 6.88. The molecule has 3 rings (SSSR count). The van der Waals surface area contributed by atoms with Crippen molar-refractivity contribution in [1.29, 1.82) is 0 Å². The van der Waals surface area contributed by atoms with Crippen molar-refractivity contribution in [3.05, 3.63) is 63.4 Å². The van der Waals surface area contributed by atoms with Gasteiger partial charge in [0.15, 0.2) is 0 Å². The predicted octanol–water partition coefficient (Wildman–Crippen LogP) is 4.50. The van der Waals surface area contributed by atoms with Crippen LogP contribution in [0.1, 0.15) is 16.1 Å². The van der Waals surface area contributed by atoms with Gasteiger partial charge in [0.05, 0.1) is 10.6 Å². The van der Waals surface area contributed by atoms with Crippen LogP contribution in [-0.2, 0) is 6.42 Å². The smallest absolute Gasteiger partial charge is 0.251 e. The SMILES string of the molecule is O=C(NCCc1csc(-c2cccs2)n1)c1cccc(Cl)c1. The third kappa shape index (κ3) is 3.74. The number of nitrogens with zero attached hydrogens (tertiary/aromatic N) is 1. The predicted molar refractivity (Wildman–Crippen MR) is 92.9 cm³/mol. The van der Waals surface area contributed by atoms with Crippen LogP contribution < -0.4 is 5.32 Å². The summed E-state index contributed by atoms with van der Waals surface area (Å²) in [6.45, 7) is 0.555. The van der Waals surface area contributed by atoms with Crippen LogP contribution >= 0.6 is 34.3 Å². The molecular formula is C16H13ClN2OS2. The van der Waals surface area contributed by atoms with Gasteiger partial charge in [-0.3, -0.25) is 4.79 Å². The fourth-order valence-electron chi connectivity index (χ4n) is 1.97. The number of carbonyl (C=O) groups is 1. The third-order valence-electron chi connectivity index (χ3n) is 3.04. The molecule has 0 radical (unpaired) electrons. The Bertz CT molecular complexity index is 768. The van der Waals surface area contributed by atoms with Gasteiger partial charge in [0, 0.05) is 28.9 Å². The average Bonchev–Trinajstić information content (AvgIpc) is 3.18. The number of amides is 1. The number of aromatic nitrogens is 1. The number of thiazole rings is 1. The van der Waals surface area contributed by atoms with Crippen molar-refractivity contribution >= 4 is 40.2 Å². The van der Waals surface area contributed by atoms with Crippen LogP contribution in [0.2, 0.25) is 5.02 Å².